The van der Waals surface area contributed by atoms with Crippen molar-refractivity contribution in [2.45, 2.75) is 39.7 Å². The van der Waals surface area contributed by atoms with Crippen LogP contribution in [0.2, 0.25) is 10.0 Å². The number of fused-ring (bicyclic) bond motifs is 1. The average Bonchev–Trinajstić information content (AvgIpc) is 3.47. The van der Waals surface area contributed by atoms with Crippen molar-refractivity contribution in [1.82, 2.24) is 4.57 Å². The third-order valence-corrected chi connectivity index (χ3v) is 8.06. The number of esters is 1. The minimum Gasteiger partial charge on any atom is -0.463 e. The second-order valence-electron chi connectivity index (χ2n) is 9.45. The molecule has 0 saturated heterocycles. The highest BCUT2D eigenvalue weighted by Crippen LogP contribution is 2.33. The monoisotopic (exact) mass is 580 g/mol. The standard InChI is InChI=1S/C30H26Cl2N2O4S/c1-5-37-29(36)26-17(4)33-30-34(27(26)19-8-6-18(7-9-19)16(2)3)28(35)25(39-30)15-21-11-13-24(38-21)22-12-10-20(31)14-23(22)32/h6-16,27H,5H2,1-4H3/b25-15-/t27-/m0/s1. The number of hydrogen-bond acceptors (Lipinski definition) is 6. The van der Waals surface area contributed by atoms with E-state index in [1.807, 2.05) is 24.3 Å². The van der Waals surface area contributed by atoms with Gasteiger partial charge in [0.2, 0.25) is 0 Å². The summed E-state index contributed by atoms with van der Waals surface area (Å²) in [5.41, 5.74) is 3.28. The first-order chi connectivity index (χ1) is 18.7. The summed E-state index contributed by atoms with van der Waals surface area (Å²) < 4.78 is 13.4. The number of thiazole rings is 1. The molecule has 0 bridgehead atoms. The van der Waals surface area contributed by atoms with Crippen molar-refractivity contribution in [1.29, 1.82) is 0 Å². The summed E-state index contributed by atoms with van der Waals surface area (Å²) in [4.78, 5) is 32.0. The van der Waals surface area contributed by atoms with E-state index in [1.165, 1.54) is 16.9 Å². The Bertz CT molecular complexity index is 1780. The highest BCUT2D eigenvalue weighted by molar-refractivity contribution is 7.07. The van der Waals surface area contributed by atoms with E-state index in [2.05, 4.69) is 18.8 Å². The molecule has 0 saturated carbocycles. The lowest BCUT2D eigenvalue weighted by Gasteiger charge is -2.25. The number of furan rings is 1. The van der Waals surface area contributed by atoms with E-state index < -0.39 is 12.0 Å². The lowest BCUT2D eigenvalue weighted by Crippen LogP contribution is -2.39. The van der Waals surface area contributed by atoms with Crippen molar-refractivity contribution in [2.75, 3.05) is 6.61 Å². The fourth-order valence-corrected chi connectivity index (χ4v) is 6.09. The average molecular weight is 582 g/mol. The molecule has 39 heavy (non-hydrogen) atoms. The third-order valence-electron chi connectivity index (χ3n) is 6.53. The van der Waals surface area contributed by atoms with Crippen molar-refractivity contribution < 1.29 is 13.9 Å². The Hall–Kier alpha value is -3.39. The highest BCUT2D eigenvalue weighted by Gasteiger charge is 2.33. The fraction of sp³-hybridized carbons (Fsp3) is 0.233. The quantitative estimate of drug-likeness (QED) is 0.244. The molecule has 0 amide bonds. The first kappa shape index (κ1) is 27.2. The minimum absolute atomic E-state index is 0.220. The van der Waals surface area contributed by atoms with Crippen LogP contribution in [0.15, 0.2) is 80.1 Å². The first-order valence-electron chi connectivity index (χ1n) is 12.5. The van der Waals surface area contributed by atoms with Gasteiger partial charge >= 0.3 is 5.97 Å². The van der Waals surface area contributed by atoms with Gasteiger partial charge in [-0.1, -0.05) is 72.7 Å². The third kappa shape index (κ3) is 5.26. The van der Waals surface area contributed by atoms with Gasteiger partial charge in [-0.2, -0.15) is 0 Å². The number of hydrogen-bond donors (Lipinski definition) is 0. The maximum atomic E-state index is 13.8. The Kier molecular flexibility index (Phi) is 7.67. The number of carbonyl (C=O) groups excluding carboxylic acids is 1. The Morgan fingerprint density at radius 1 is 1.15 bits per heavy atom. The van der Waals surface area contributed by atoms with Crippen LogP contribution in [0, 0.1) is 0 Å². The van der Waals surface area contributed by atoms with Gasteiger partial charge in [0.25, 0.3) is 5.56 Å². The van der Waals surface area contributed by atoms with E-state index in [-0.39, 0.29) is 12.2 Å². The molecular formula is C30H26Cl2N2O4S. The summed E-state index contributed by atoms with van der Waals surface area (Å²) in [5.74, 6) is 0.907. The van der Waals surface area contributed by atoms with Crippen LogP contribution in [-0.4, -0.2) is 17.1 Å². The predicted octanol–water partition coefficient (Wildman–Crippen LogP) is 6.49. The summed E-state index contributed by atoms with van der Waals surface area (Å²) in [7, 11) is 0. The van der Waals surface area contributed by atoms with E-state index in [0.717, 1.165) is 5.56 Å². The molecule has 5 rings (SSSR count). The molecule has 0 N–H and O–H groups in total. The SMILES string of the molecule is CCOC(=O)C1=C(C)N=c2s/c(=C\c3ccc(-c4ccc(Cl)cc4Cl)o3)c(=O)n2[C@H]1c1ccc(C(C)C)cc1. The molecule has 2 aromatic heterocycles. The van der Waals surface area contributed by atoms with Crippen molar-refractivity contribution in [3.8, 4) is 11.3 Å². The number of carbonyl (C=O) groups is 1. The molecule has 0 aliphatic carbocycles. The number of ether oxygens (including phenoxy) is 1. The number of aromatic nitrogens is 1. The number of halogens is 2. The summed E-state index contributed by atoms with van der Waals surface area (Å²) in [6, 6.07) is 16.1. The van der Waals surface area contributed by atoms with Gasteiger partial charge in [0, 0.05) is 16.7 Å². The van der Waals surface area contributed by atoms with Crippen LogP contribution >= 0.6 is 34.5 Å². The zero-order valence-corrected chi connectivity index (χ0v) is 24.2. The normalized spacial score (nSPS) is 15.5. The highest BCUT2D eigenvalue weighted by atomic mass is 35.5. The maximum Gasteiger partial charge on any atom is 0.338 e. The van der Waals surface area contributed by atoms with Gasteiger partial charge in [-0.15, -0.1) is 0 Å². The molecule has 6 nitrogen and oxygen atoms in total. The van der Waals surface area contributed by atoms with Crippen molar-refractivity contribution in [3.63, 3.8) is 0 Å². The van der Waals surface area contributed by atoms with E-state index in [1.54, 1.807) is 54.8 Å². The Balaban J connectivity index is 1.63. The van der Waals surface area contributed by atoms with Gasteiger partial charge in [0.05, 0.1) is 33.5 Å². The summed E-state index contributed by atoms with van der Waals surface area (Å²) in [6.45, 7) is 7.98. The molecule has 0 fully saturated rings. The summed E-state index contributed by atoms with van der Waals surface area (Å²) >= 11 is 13.6. The molecule has 0 radical (unpaired) electrons. The van der Waals surface area contributed by atoms with Crippen LogP contribution in [-0.2, 0) is 9.53 Å². The van der Waals surface area contributed by atoms with Crippen LogP contribution in [0.4, 0.5) is 0 Å². The summed E-state index contributed by atoms with van der Waals surface area (Å²) in [5, 5.41) is 0.996. The minimum atomic E-state index is -0.663. The largest absolute Gasteiger partial charge is 0.463 e. The number of allylic oxidation sites excluding steroid dienone is 1. The molecule has 1 aliphatic heterocycles. The second kappa shape index (κ2) is 11.0. The first-order valence-corrected chi connectivity index (χ1v) is 14.1. The van der Waals surface area contributed by atoms with E-state index in [9.17, 15) is 9.59 Å². The molecule has 200 valence electrons. The Morgan fingerprint density at radius 3 is 2.56 bits per heavy atom. The van der Waals surface area contributed by atoms with Crippen LogP contribution in [0.25, 0.3) is 17.4 Å². The van der Waals surface area contributed by atoms with Gasteiger partial charge < -0.3 is 9.15 Å². The Morgan fingerprint density at radius 2 is 1.90 bits per heavy atom. The molecule has 1 atom stereocenters. The number of nitrogens with zero attached hydrogens (tertiary/aromatic N) is 2. The van der Waals surface area contributed by atoms with Crippen molar-refractivity contribution in [3.05, 3.63) is 112 Å². The number of rotatable bonds is 6. The van der Waals surface area contributed by atoms with Gasteiger partial charge in [0.15, 0.2) is 4.80 Å². The maximum absolute atomic E-state index is 13.8. The van der Waals surface area contributed by atoms with Crippen LogP contribution < -0.4 is 14.9 Å². The number of benzene rings is 2. The topological polar surface area (TPSA) is 73.8 Å². The van der Waals surface area contributed by atoms with Crippen molar-refractivity contribution in [2.24, 2.45) is 4.99 Å². The van der Waals surface area contributed by atoms with E-state index in [4.69, 9.17) is 32.4 Å². The molecule has 4 aromatic rings. The second-order valence-corrected chi connectivity index (χ2v) is 11.3. The van der Waals surface area contributed by atoms with Gasteiger partial charge in [-0.25, -0.2) is 9.79 Å². The summed E-state index contributed by atoms with van der Waals surface area (Å²) in [6.07, 6.45) is 1.68. The van der Waals surface area contributed by atoms with Gasteiger partial charge in [-0.05, 0) is 61.2 Å². The zero-order chi connectivity index (χ0) is 27.8. The van der Waals surface area contributed by atoms with Crippen LogP contribution in [0.1, 0.15) is 56.5 Å². The lowest BCUT2D eigenvalue weighted by molar-refractivity contribution is -0.139. The molecule has 2 aromatic carbocycles. The Labute approximate surface area is 239 Å². The van der Waals surface area contributed by atoms with Crippen molar-refractivity contribution >= 4 is 46.6 Å². The smallest absolute Gasteiger partial charge is 0.338 e. The van der Waals surface area contributed by atoms with Gasteiger partial charge in [0.1, 0.15) is 11.5 Å². The lowest BCUT2D eigenvalue weighted by atomic mass is 9.93. The fourth-order valence-electron chi connectivity index (χ4n) is 4.56. The van der Waals surface area contributed by atoms with E-state index >= 15 is 0 Å². The van der Waals surface area contributed by atoms with E-state index in [0.29, 0.717) is 53.7 Å². The van der Waals surface area contributed by atoms with Crippen LogP contribution in [0.3, 0.4) is 0 Å². The molecule has 1 aliphatic rings. The van der Waals surface area contributed by atoms with Gasteiger partial charge in [-0.3, -0.25) is 9.36 Å². The molecule has 3 heterocycles. The predicted molar refractivity (Wildman–Crippen MR) is 155 cm³/mol. The molecular weight excluding hydrogens is 555 g/mol. The molecule has 0 unspecified atom stereocenters. The molecule has 9 heteroatoms. The molecule has 0 spiro atoms. The van der Waals surface area contributed by atoms with Crippen LogP contribution in [0.5, 0.6) is 0 Å². The zero-order valence-electron chi connectivity index (χ0n) is 21.8.